The molecule has 0 spiro atoms. The summed E-state index contributed by atoms with van der Waals surface area (Å²) in [5, 5.41) is 10.5. The zero-order valence-corrected chi connectivity index (χ0v) is 23.0. The van der Waals surface area contributed by atoms with E-state index in [2.05, 4.69) is 6.58 Å². The van der Waals surface area contributed by atoms with Crippen LogP contribution in [0.2, 0.25) is 0 Å². The van der Waals surface area contributed by atoms with Crippen molar-refractivity contribution in [2.24, 2.45) is 4.99 Å². The Hall–Kier alpha value is -4.69. The van der Waals surface area contributed by atoms with E-state index in [0.717, 1.165) is 11.1 Å². The van der Waals surface area contributed by atoms with Crippen LogP contribution in [0.15, 0.2) is 101 Å². The predicted octanol–water partition coefficient (Wildman–Crippen LogP) is 4.38. The Balaban J connectivity index is 1.80. The van der Waals surface area contributed by atoms with Crippen molar-refractivity contribution in [1.29, 1.82) is 0 Å². The Labute approximate surface area is 235 Å². The van der Waals surface area contributed by atoms with E-state index in [-0.39, 0.29) is 17.9 Å². The maximum atomic E-state index is 14.0. The Kier molecular flexibility index (Phi) is 7.79. The van der Waals surface area contributed by atoms with Gasteiger partial charge in [-0.1, -0.05) is 78.1 Å². The van der Waals surface area contributed by atoms with Crippen molar-refractivity contribution in [2.45, 2.75) is 19.4 Å². The van der Waals surface area contributed by atoms with Crippen LogP contribution in [0.3, 0.4) is 0 Å². The van der Waals surface area contributed by atoms with Crippen LogP contribution in [-0.4, -0.2) is 29.4 Å². The van der Waals surface area contributed by atoms with E-state index >= 15 is 0 Å². The molecule has 202 valence electrons. The van der Waals surface area contributed by atoms with Crippen molar-refractivity contribution in [3.8, 4) is 11.5 Å². The molecule has 1 aliphatic rings. The van der Waals surface area contributed by atoms with Crippen LogP contribution in [0.5, 0.6) is 11.5 Å². The number of phenolic OH excluding ortho intramolecular Hbond substituents is 1. The zero-order chi connectivity index (χ0) is 28.2. The van der Waals surface area contributed by atoms with E-state index in [9.17, 15) is 14.7 Å². The summed E-state index contributed by atoms with van der Waals surface area (Å²) in [4.78, 5) is 32.8. The summed E-state index contributed by atoms with van der Waals surface area (Å²) in [5.74, 6) is -0.182. The molecule has 5 rings (SSSR count). The number of carbonyl (C=O) groups is 1. The third-order valence-corrected chi connectivity index (χ3v) is 7.53. The first-order chi connectivity index (χ1) is 19.5. The van der Waals surface area contributed by atoms with Gasteiger partial charge in [0, 0.05) is 11.1 Å². The summed E-state index contributed by atoms with van der Waals surface area (Å²) < 4.78 is 12.8. The van der Waals surface area contributed by atoms with Gasteiger partial charge in [0.15, 0.2) is 16.3 Å². The lowest BCUT2D eigenvalue weighted by Crippen LogP contribution is -2.40. The summed E-state index contributed by atoms with van der Waals surface area (Å²) in [6, 6.07) is 21.6. The van der Waals surface area contributed by atoms with Gasteiger partial charge in [0.2, 0.25) is 0 Å². The summed E-state index contributed by atoms with van der Waals surface area (Å²) in [6.07, 6.45) is 3.87. The number of methoxy groups -OCH3 is 1. The average molecular weight is 553 g/mol. The molecule has 40 heavy (non-hydrogen) atoms. The molecule has 0 saturated carbocycles. The first-order valence-electron chi connectivity index (χ1n) is 12.8. The Morgan fingerprint density at radius 2 is 1.82 bits per heavy atom. The van der Waals surface area contributed by atoms with Crippen molar-refractivity contribution >= 4 is 29.1 Å². The first kappa shape index (κ1) is 26.9. The number of aromatic nitrogens is 1. The number of ether oxygens (including phenoxy) is 2. The Morgan fingerprint density at radius 1 is 1.12 bits per heavy atom. The van der Waals surface area contributed by atoms with Crippen molar-refractivity contribution < 1.29 is 19.4 Å². The molecule has 0 aliphatic carbocycles. The minimum absolute atomic E-state index is 0.0386. The van der Waals surface area contributed by atoms with Crippen LogP contribution in [0.1, 0.15) is 35.2 Å². The Bertz CT molecular complexity index is 1790. The maximum absolute atomic E-state index is 14.0. The minimum atomic E-state index is -0.737. The van der Waals surface area contributed by atoms with Gasteiger partial charge < -0.3 is 14.6 Å². The number of thiazole rings is 1. The van der Waals surface area contributed by atoms with Gasteiger partial charge in [0.25, 0.3) is 5.56 Å². The predicted molar refractivity (Wildman–Crippen MR) is 156 cm³/mol. The molecular formula is C32H28N2O5S. The fraction of sp³-hybridized carbons (Fsp3) is 0.156. The molecule has 1 aliphatic heterocycles. The van der Waals surface area contributed by atoms with Crippen LogP contribution in [0.4, 0.5) is 0 Å². The number of aromatic hydroxyl groups is 1. The third kappa shape index (κ3) is 5.01. The molecule has 0 unspecified atom stereocenters. The second-order valence-corrected chi connectivity index (χ2v) is 10.1. The van der Waals surface area contributed by atoms with Gasteiger partial charge >= 0.3 is 5.97 Å². The highest BCUT2D eigenvalue weighted by molar-refractivity contribution is 7.07. The molecule has 4 aromatic rings. The molecule has 0 bridgehead atoms. The number of fused-ring (bicyclic) bond motifs is 1. The molecule has 0 saturated heterocycles. The molecule has 1 aromatic heterocycles. The van der Waals surface area contributed by atoms with Gasteiger partial charge in [-0.15, -0.1) is 6.58 Å². The zero-order valence-electron chi connectivity index (χ0n) is 22.2. The lowest BCUT2D eigenvalue weighted by molar-refractivity contribution is -0.138. The second-order valence-electron chi connectivity index (χ2n) is 9.07. The van der Waals surface area contributed by atoms with Crippen LogP contribution in [0, 0.1) is 0 Å². The van der Waals surface area contributed by atoms with Crippen molar-refractivity contribution in [3.05, 3.63) is 133 Å². The number of hydrogen-bond donors (Lipinski definition) is 1. The highest BCUT2D eigenvalue weighted by atomic mass is 32.1. The highest BCUT2D eigenvalue weighted by Gasteiger charge is 2.35. The molecule has 0 amide bonds. The summed E-state index contributed by atoms with van der Waals surface area (Å²) in [6.45, 7) is 5.70. The summed E-state index contributed by atoms with van der Waals surface area (Å²) in [7, 11) is 1.48. The van der Waals surface area contributed by atoms with E-state index in [0.29, 0.717) is 43.9 Å². The summed E-state index contributed by atoms with van der Waals surface area (Å²) in [5.41, 5.74) is 3.32. The largest absolute Gasteiger partial charge is 0.504 e. The normalized spacial score (nSPS) is 14.8. The molecule has 8 heteroatoms. The van der Waals surface area contributed by atoms with E-state index in [1.54, 1.807) is 35.8 Å². The average Bonchev–Trinajstić information content (AvgIpc) is 3.29. The number of hydrogen-bond acceptors (Lipinski definition) is 7. The van der Waals surface area contributed by atoms with Gasteiger partial charge in [-0.2, -0.15) is 0 Å². The Morgan fingerprint density at radius 3 is 2.48 bits per heavy atom. The standard InChI is InChI=1S/C32H28N2O5S/c1-4-12-23-17-20(18-24(38-3)29(23)35)19-25-30(36)34-28(22-15-10-7-11-16-22)26(31(37)39-5-2)27(33-32(34)40-25)21-13-8-6-9-14-21/h4,6-11,13-19,28,35H,1,5,12H2,2-3H3/b25-19+/t28-/m0/s1. The van der Waals surface area contributed by atoms with Crippen LogP contribution in [-0.2, 0) is 16.0 Å². The number of carbonyl (C=O) groups excluding carboxylic acids is 1. The van der Waals surface area contributed by atoms with E-state index in [4.69, 9.17) is 14.5 Å². The lowest BCUT2D eigenvalue weighted by atomic mass is 9.93. The smallest absolute Gasteiger partial charge is 0.338 e. The van der Waals surface area contributed by atoms with Crippen LogP contribution in [0.25, 0.3) is 11.8 Å². The molecule has 1 N–H and O–H groups in total. The topological polar surface area (TPSA) is 90.1 Å². The monoisotopic (exact) mass is 552 g/mol. The number of benzene rings is 3. The van der Waals surface area contributed by atoms with Gasteiger partial charge in [0.05, 0.1) is 35.6 Å². The molecule has 3 aromatic carbocycles. The van der Waals surface area contributed by atoms with Crippen molar-refractivity contribution in [2.75, 3.05) is 13.7 Å². The van der Waals surface area contributed by atoms with Crippen LogP contribution < -0.4 is 19.6 Å². The number of phenols is 1. The lowest BCUT2D eigenvalue weighted by Gasteiger charge is -2.25. The molecule has 7 nitrogen and oxygen atoms in total. The van der Waals surface area contributed by atoms with E-state index in [1.165, 1.54) is 18.4 Å². The molecule has 0 radical (unpaired) electrons. The fourth-order valence-corrected chi connectivity index (χ4v) is 5.78. The van der Waals surface area contributed by atoms with E-state index < -0.39 is 12.0 Å². The maximum Gasteiger partial charge on any atom is 0.338 e. The van der Waals surface area contributed by atoms with Gasteiger partial charge in [0.1, 0.15) is 0 Å². The third-order valence-electron chi connectivity index (χ3n) is 6.55. The number of nitrogens with zero attached hydrogens (tertiary/aromatic N) is 2. The van der Waals surface area contributed by atoms with Gasteiger partial charge in [-0.05, 0) is 42.7 Å². The number of allylic oxidation sites excluding steroid dienone is 1. The summed E-state index contributed by atoms with van der Waals surface area (Å²) >= 11 is 1.24. The SMILES string of the molecule is C=CCc1cc(/C=c2/sc3n(c2=O)[C@@H](c2ccccc2)C(C(=O)OCC)=C(c2ccccc2)N=3)cc(OC)c1O. The first-order valence-corrected chi connectivity index (χ1v) is 13.6. The molecule has 2 heterocycles. The van der Waals surface area contributed by atoms with Gasteiger partial charge in [-0.25, -0.2) is 9.79 Å². The highest BCUT2D eigenvalue weighted by Crippen LogP contribution is 2.35. The molecular weight excluding hydrogens is 524 g/mol. The van der Waals surface area contributed by atoms with Crippen molar-refractivity contribution in [3.63, 3.8) is 0 Å². The van der Waals surface area contributed by atoms with E-state index in [1.807, 2.05) is 60.7 Å². The minimum Gasteiger partial charge on any atom is -0.504 e. The molecule has 0 fully saturated rings. The number of rotatable bonds is 8. The fourth-order valence-electron chi connectivity index (χ4n) is 4.78. The quantitative estimate of drug-likeness (QED) is 0.259. The molecule has 1 atom stereocenters. The van der Waals surface area contributed by atoms with Crippen molar-refractivity contribution in [1.82, 2.24) is 4.57 Å². The second kappa shape index (κ2) is 11.6. The number of esters is 1. The van der Waals surface area contributed by atoms with Crippen LogP contribution >= 0.6 is 11.3 Å². The van der Waals surface area contributed by atoms with Gasteiger partial charge in [-0.3, -0.25) is 9.36 Å².